The number of amides is 1. The Morgan fingerprint density at radius 1 is 0.938 bits per heavy atom. The molecule has 1 saturated heterocycles. The van der Waals surface area contributed by atoms with Crippen molar-refractivity contribution in [2.75, 3.05) is 39.7 Å². The van der Waals surface area contributed by atoms with Crippen molar-refractivity contribution in [3.05, 3.63) is 66.0 Å². The Morgan fingerprint density at radius 3 is 2.28 bits per heavy atom. The van der Waals surface area contributed by atoms with Gasteiger partial charge >= 0.3 is 0 Å². The molecule has 0 saturated carbocycles. The maximum Gasteiger partial charge on any atom is 0.254 e. The first-order valence-electron chi connectivity index (χ1n) is 10.7. The van der Waals surface area contributed by atoms with Gasteiger partial charge in [-0.2, -0.15) is 0 Å². The molecule has 2 aromatic carbocycles. The normalized spacial score (nSPS) is 16.0. The number of rotatable bonds is 4. The minimum Gasteiger partial charge on any atom is -0.493 e. The number of hydrogen-bond acceptors (Lipinski definition) is 5. The van der Waals surface area contributed by atoms with Crippen LogP contribution in [0.25, 0.3) is 5.69 Å². The summed E-state index contributed by atoms with van der Waals surface area (Å²) in [4.78, 5) is 15.3. The molecule has 1 spiro atoms. The van der Waals surface area contributed by atoms with Gasteiger partial charge in [0.2, 0.25) is 5.75 Å². The van der Waals surface area contributed by atoms with Gasteiger partial charge in [-0.05, 0) is 49.2 Å². The van der Waals surface area contributed by atoms with Crippen LogP contribution in [0.15, 0.2) is 54.7 Å². The second-order valence-corrected chi connectivity index (χ2v) is 8.19. The number of hydrogen-bond donors (Lipinski definition) is 1. The molecule has 32 heavy (non-hydrogen) atoms. The van der Waals surface area contributed by atoms with Crippen molar-refractivity contribution in [2.45, 2.75) is 18.4 Å². The van der Waals surface area contributed by atoms with Gasteiger partial charge in [0.15, 0.2) is 11.5 Å². The molecule has 0 radical (unpaired) electrons. The van der Waals surface area contributed by atoms with Gasteiger partial charge in [-0.15, -0.1) is 0 Å². The third-order valence-corrected chi connectivity index (χ3v) is 6.59. The van der Waals surface area contributed by atoms with Gasteiger partial charge in [0, 0.05) is 30.5 Å². The van der Waals surface area contributed by atoms with Gasteiger partial charge < -0.3 is 29.0 Å². The van der Waals surface area contributed by atoms with Gasteiger partial charge in [0.1, 0.15) is 0 Å². The zero-order valence-electron chi connectivity index (χ0n) is 18.6. The van der Waals surface area contributed by atoms with Crippen LogP contribution >= 0.6 is 0 Å². The maximum atomic E-state index is 13.3. The van der Waals surface area contributed by atoms with Crippen molar-refractivity contribution >= 4 is 11.6 Å². The highest BCUT2D eigenvalue weighted by atomic mass is 16.5. The van der Waals surface area contributed by atoms with E-state index >= 15 is 0 Å². The number of carbonyl (C=O) groups excluding carboxylic acids is 1. The molecule has 7 nitrogen and oxygen atoms in total. The minimum atomic E-state index is -0.191. The monoisotopic (exact) mass is 433 g/mol. The Morgan fingerprint density at radius 2 is 1.62 bits per heavy atom. The molecular weight excluding hydrogens is 406 g/mol. The Labute approximate surface area is 187 Å². The standard InChI is InChI=1S/C25H27N3O4/c1-30-20-15-17(16-21(31-2)23(20)32-3)24(29)27-13-10-25(11-14-27)22-9-6-12-28(22)19-8-5-4-7-18(19)26-25/h4-9,12,15-16,26H,10-11,13-14H2,1-3H3. The summed E-state index contributed by atoms with van der Waals surface area (Å²) in [6.45, 7) is 1.30. The maximum absolute atomic E-state index is 13.3. The van der Waals surface area contributed by atoms with Crippen molar-refractivity contribution in [1.29, 1.82) is 0 Å². The largest absolute Gasteiger partial charge is 0.493 e. The van der Waals surface area contributed by atoms with Crippen LogP contribution in [0.1, 0.15) is 28.9 Å². The average Bonchev–Trinajstić information content (AvgIpc) is 3.35. The minimum absolute atomic E-state index is 0.0364. The fourth-order valence-corrected chi connectivity index (χ4v) is 4.95. The molecule has 0 atom stereocenters. The number of fused-ring (bicyclic) bond motifs is 4. The molecule has 1 aromatic heterocycles. The number of anilines is 1. The summed E-state index contributed by atoms with van der Waals surface area (Å²) >= 11 is 0. The molecule has 3 heterocycles. The quantitative estimate of drug-likeness (QED) is 0.672. The van der Waals surface area contributed by atoms with Crippen LogP contribution in [0.3, 0.4) is 0 Å². The number of nitrogens with zero attached hydrogens (tertiary/aromatic N) is 2. The number of methoxy groups -OCH3 is 3. The molecule has 1 N–H and O–H groups in total. The predicted octanol–water partition coefficient (Wildman–Crippen LogP) is 4.06. The Balaban J connectivity index is 1.40. The van der Waals surface area contributed by atoms with Gasteiger partial charge in [-0.3, -0.25) is 4.79 Å². The van der Waals surface area contributed by atoms with E-state index in [1.807, 2.05) is 4.90 Å². The molecule has 1 fully saturated rings. The summed E-state index contributed by atoms with van der Waals surface area (Å²) in [5.41, 5.74) is 3.87. The zero-order valence-corrected chi connectivity index (χ0v) is 18.6. The van der Waals surface area contributed by atoms with Crippen molar-refractivity contribution in [1.82, 2.24) is 9.47 Å². The van der Waals surface area contributed by atoms with E-state index in [1.54, 1.807) is 33.5 Å². The molecule has 2 aliphatic rings. The van der Waals surface area contributed by atoms with E-state index in [2.05, 4.69) is 52.5 Å². The van der Waals surface area contributed by atoms with Crippen LogP contribution in [0.4, 0.5) is 5.69 Å². The molecular formula is C25H27N3O4. The number of aromatic nitrogens is 1. The smallest absolute Gasteiger partial charge is 0.254 e. The predicted molar refractivity (Wildman–Crippen MR) is 122 cm³/mol. The first-order valence-corrected chi connectivity index (χ1v) is 10.7. The Bertz CT molecular complexity index is 1140. The summed E-state index contributed by atoms with van der Waals surface area (Å²) in [6.07, 6.45) is 3.76. The fourth-order valence-electron chi connectivity index (χ4n) is 4.95. The Hall–Kier alpha value is -3.61. The Kier molecular flexibility index (Phi) is 4.96. The summed E-state index contributed by atoms with van der Waals surface area (Å²) in [7, 11) is 4.66. The van der Waals surface area contributed by atoms with Gasteiger partial charge in [-0.25, -0.2) is 0 Å². The van der Waals surface area contributed by atoms with E-state index < -0.39 is 0 Å². The molecule has 0 bridgehead atoms. The summed E-state index contributed by atoms with van der Waals surface area (Å²) in [5, 5.41) is 3.79. The summed E-state index contributed by atoms with van der Waals surface area (Å²) in [5.74, 6) is 1.40. The zero-order chi connectivity index (χ0) is 22.3. The highest BCUT2D eigenvalue weighted by molar-refractivity contribution is 5.95. The molecule has 7 heteroatoms. The van der Waals surface area contributed by atoms with E-state index in [1.165, 1.54) is 5.69 Å². The number of likely N-dealkylation sites (tertiary alicyclic amines) is 1. The summed E-state index contributed by atoms with van der Waals surface area (Å²) in [6, 6.07) is 16.1. The van der Waals surface area contributed by atoms with E-state index in [9.17, 15) is 4.79 Å². The van der Waals surface area contributed by atoms with E-state index in [-0.39, 0.29) is 11.4 Å². The lowest BCUT2D eigenvalue weighted by atomic mass is 9.82. The fraction of sp³-hybridized carbons (Fsp3) is 0.320. The number of benzene rings is 2. The molecule has 2 aliphatic heterocycles. The molecule has 0 unspecified atom stereocenters. The van der Waals surface area contributed by atoms with Crippen molar-refractivity contribution in [3.63, 3.8) is 0 Å². The van der Waals surface area contributed by atoms with Gasteiger partial charge in [-0.1, -0.05) is 12.1 Å². The molecule has 5 rings (SSSR count). The van der Waals surface area contributed by atoms with Crippen LogP contribution in [-0.2, 0) is 5.54 Å². The highest BCUT2D eigenvalue weighted by Crippen LogP contribution is 2.44. The molecule has 1 amide bonds. The number of piperidine rings is 1. The molecule has 3 aromatic rings. The lowest BCUT2D eigenvalue weighted by molar-refractivity contribution is 0.0675. The van der Waals surface area contributed by atoms with Crippen LogP contribution in [-0.4, -0.2) is 49.8 Å². The number of para-hydroxylation sites is 2. The van der Waals surface area contributed by atoms with Crippen LogP contribution in [0, 0.1) is 0 Å². The van der Waals surface area contributed by atoms with Crippen molar-refractivity contribution in [2.24, 2.45) is 0 Å². The number of nitrogens with one attached hydrogen (secondary N) is 1. The van der Waals surface area contributed by atoms with Gasteiger partial charge in [0.25, 0.3) is 5.91 Å². The summed E-state index contributed by atoms with van der Waals surface area (Å²) < 4.78 is 18.5. The molecule has 166 valence electrons. The average molecular weight is 434 g/mol. The van der Waals surface area contributed by atoms with E-state index in [0.717, 1.165) is 24.2 Å². The third kappa shape index (κ3) is 3.07. The second kappa shape index (κ2) is 7.82. The number of carbonyl (C=O) groups is 1. The third-order valence-electron chi connectivity index (χ3n) is 6.59. The van der Waals surface area contributed by atoms with Crippen molar-refractivity contribution in [3.8, 4) is 22.9 Å². The number of ether oxygens (including phenoxy) is 3. The van der Waals surface area contributed by atoms with Crippen molar-refractivity contribution < 1.29 is 19.0 Å². The van der Waals surface area contributed by atoms with E-state index in [4.69, 9.17) is 14.2 Å². The highest BCUT2D eigenvalue weighted by Gasteiger charge is 2.42. The van der Waals surface area contributed by atoms with Crippen LogP contribution in [0.5, 0.6) is 17.2 Å². The lowest BCUT2D eigenvalue weighted by Gasteiger charge is -2.46. The van der Waals surface area contributed by atoms with Crippen LogP contribution in [0.2, 0.25) is 0 Å². The SMILES string of the molecule is COc1cc(C(=O)N2CCC3(CC2)Nc2ccccc2-n2cccc23)cc(OC)c1OC. The second-order valence-electron chi connectivity index (χ2n) is 8.19. The topological polar surface area (TPSA) is 65.0 Å². The first-order chi connectivity index (χ1) is 15.6. The lowest BCUT2D eigenvalue weighted by Crippen LogP contribution is -2.51. The van der Waals surface area contributed by atoms with E-state index in [0.29, 0.717) is 35.9 Å². The first kappa shape index (κ1) is 20.3. The van der Waals surface area contributed by atoms with Crippen LogP contribution < -0.4 is 19.5 Å². The molecule has 0 aliphatic carbocycles. The van der Waals surface area contributed by atoms with Gasteiger partial charge in [0.05, 0.1) is 38.2 Å².